The minimum atomic E-state index is -0.731. The highest BCUT2D eigenvalue weighted by atomic mass is 32.2. The lowest BCUT2D eigenvalue weighted by Gasteiger charge is -2.08. The summed E-state index contributed by atoms with van der Waals surface area (Å²) in [6.45, 7) is 0. The van der Waals surface area contributed by atoms with Crippen LogP contribution >= 0.6 is 11.8 Å². The molecular weight excluding hydrogens is 388 g/mol. The fourth-order valence-electron chi connectivity index (χ4n) is 2.30. The van der Waals surface area contributed by atoms with Crippen LogP contribution in [0, 0.1) is 11.6 Å². The Morgan fingerprint density at radius 1 is 1.14 bits per heavy atom. The molecule has 0 fully saturated rings. The maximum absolute atomic E-state index is 13.6. The predicted molar refractivity (Wildman–Crippen MR) is 102 cm³/mol. The van der Waals surface area contributed by atoms with E-state index in [0.717, 1.165) is 30.0 Å². The van der Waals surface area contributed by atoms with Gasteiger partial charge < -0.3 is 10.1 Å². The van der Waals surface area contributed by atoms with Crippen molar-refractivity contribution < 1.29 is 18.3 Å². The molecule has 0 spiro atoms. The normalized spacial score (nSPS) is 10.5. The first kappa shape index (κ1) is 19.6. The lowest BCUT2D eigenvalue weighted by molar-refractivity contribution is -0.113. The third kappa shape index (κ3) is 4.74. The van der Waals surface area contributed by atoms with Crippen LogP contribution in [0.15, 0.2) is 64.4 Å². The Morgan fingerprint density at radius 2 is 1.89 bits per heavy atom. The standard InChI is InChI=1S/C19H15F2N3O3S/c1-27-14-5-3-13(4-6-14)24-19(26)9-8-18(23-24)28-11-17(25)22-16-10-12(20)2-7-15(16)21/h2-10H,11H2,1H3,(H,22,25). The molecule has 144 valence electrons. The minimum Gasteiger partial charge on any atom is -0.497 e. The Labute approximate surface area is 163 Å². The average molecular weight is 403 g/mol. The van der Waals surface area contributed by atoms with Gasteiger partial charge in [0.15, 0.2) is 0 Å². The van der Waals surface area contributed by atoms with Gasteiger partial charge in [-0.2, -0.15) is 9.78 Å². The summed E-state index contributed by atoms with van der Waals surface area (Å²) in [5.41, 5.74) is -0.0258. The molecule has 0 saturated carbocycles. The van der Waals surface area contributed by atoms with Crippen LogP contribution in [0.4, 0.5) is 14.5 Å². The van der Waals surface area contributed by atoms with Gasteiger partial charge in [0, 0.05) is 12.1 Å². The minimum absolute atomic E-state index is 0.0935. The molecule has 0 radical (unpaired) electrons. The first-order chi connectivity index (χ1) is 13.5. The van der Waals surface area contributed by atoms with Gasteiger partial charge >= 0.3 is 0 Å². The molecule has 0 bridgehead atoms. The Kier molecular flexibility index (Phi) is 6.05. The van der Waals surface area contributed by atoms with Crippen LogP contribution in [0.3, 0.4) is 0 Å². The summed E-state index contributed by atoms with van der Waals surface area (Å²) >= 11 is 1.06. The monoisotopic (exact) mass is 403 g/mol. The third-order valence-electron chi connectivity index (χ3n) is 3.65. The fourth-order valence-corrected chi connectivity index (χ4v) is 2.95. The number of methoxy groups -OCH3 is 1. The van der Waals surface area contributed by atoms with Gasteiger partial charge in [0.2, 0.25) is 5.91 Å². The number of carbonyl (C=O) groups excluding carboxylic acids is 1. The second-order valence-corrected chi connectivity index (χ2v) is 6.58. The number of benzene rings is 2. The number of carbonyl (C=O) groups is 1. The fraction of sp³-hybridized carbons (Fsp3) is 0.105. The van der Waals surface area contributed by atoms with Crippen LogP contribution in [0.25, 0.3) is 5.69 Å². The molecule has 0 saturated heterocycles. The van der Waals surface area contributed by atoms with Gasteiger partial charge in [-0.3, -0.25) is 9.59 Å². The van der Waals surface area contributed by atoms with Crippen LogP contribution in [-0.4, -0.2) is 28.6 Å². The number of amides is 1. The SMILES string of the molecule is COc1ccc(-n2nc(SCC(=O)Nc3cc(F)ccc3F)ccc2=O)cc1. The molecule has 1 aromatic heterocycles. The molecule has 1 amide bonds. The highest BCUT2D eigenvalue weighted by Gasteiger charge is 2.10. The predicted octanol–water partition coefficient (Wildman–Crippen LogP) is 3.25. The number of anilines is 1. The van der Waals surface area contributed by atoms with E-state index in [9.17, 15) is 18.4 Å². The van der Waals surface area contributed by atoms with E-state index in [0.29, 0.717) is 16.5 Å². The number of rotatable bonds is 6. The van der Waals surface area contributed by atoms with Crippen LogP contribution in [0.1, 0.15) is 0 Å². The molecule has 3 aromatic rings. The van der Waals surface area contributed by atoms with E-state index in [1.54, 1.807) is 24.3 Å². The van der Waals surface area contributed by atoms with E-state index < -0.39 is 17.5 Å². The van der Waals surface area contributed by atoms with Crippen molar-refractivity contribution in [1.29, 1.82) is 0 Å². The van der Waals surface area contributed by atoms with Crippen LogP contribution in [-0.2, 0) is 4.79 Å². The summed E-state index contributed by atoms with van der Waals surface area (Å²) in [5.74, 6) is -1.37. The quantitative estimate of drug-likeness (QED) is 0.640. The molecule has 0 atom stereocenters. The summed E-state index contributed by atoms with van der Waals surface area (Å²) in [4.78, 5) is 24.1. The van der Waals surface area contributed by atoms with Crippen molar-refractivity contribution in [2.24, 2.45) is 0 Å². The molecule has 9 heteroatoms. The first-order valence-electron chi connectivity index (χ1n) is 8.09. The molecule has 0 aliphatic heterocycles. The number of aromatic nitrogens is 2. The van der Waals surface area contributed by atoms with Gasteiger partial charge in [0.25, 0.3) is 5.56 Å². The Bertz CT molecular complexity index is 1060. The van der Waals surface area contributed by atoms with E-state index in [4.69, 9.17) is 4.74 Å². The zero-order valence-electron chi connectivity index (χ0n) is 14.7. The number of hydrogen-bond donors (Lipinski definition) is 1. The number of nitrogens with one attached hydrogen (secondary N) is 1. The van der Waals surface area contributed by atoms with Gasteiger partial charge in [-0.05, 0) is 42.5 Å². The molecule has 2 aromatic carbocycles. The maximum Gasteiger partial charge on any atom is 0.271 e. The first-order valence-corrected chi connectivity index (χ1v) is 9.07. The van der Waals surface area contributed by atoms with Crippen LogP contribution in [0.5, 0.6) is 5.75 Å². The molecule has 0 unspecified atom stereocenters. The van der Waals surface area contributed by atoms with E-state index in [1.807, 2.05) is 0 Å². The van der Waals surface area contributed by atoms with Crippen molar-refractivity contribution in [2.75, 3.05) is 18.2 Å². The molecule has 0 aliphatic rings. The van der Waals surface area contributed by atoms with Crippen molar-refractivity contribution in [3.05, 3.63) is 76.6 Å². The van der Waals surface area contributed by atoms with E-state index >= 15 is 0 Å². The average Bonchev–Trinajstić information content (AvgIpc) is 2.70. The topological polar surface area (TPSA) is 73.2 Å². The lowest BCUT2D eigenvalue weighted by atomic mass is 10.3. The second kappa shape index (κ2) is 8.66. The van der Waals surface area contributed by atoms with Crippen molar-refractivity contribution in [2.45, 2.75) is 5.03 Å². The van der Waals surface area contributed by atoms with Gasteiger partial charge in [0.05, 0.1) is 24.2 Å². The van der Waals surface area contributed by atoms with Gasteiger partial charge in [0.1, 0.15) is 22.4 Å². The highest BCUT2D eigenvalue weighted by molar-refractivity contribution is 7.99. The molecule has 1 heterocycles. The zero-order valence-corrected chi connectivity index (χ0v) is 15.5. The lowest BCUT2D eigenvalue weighted by Crippen LogP contribution is -2.21. The third-order valence-corrected chi connectivity index (χ3v) is 4.57. The van der Waals surface area contributed by atoms with Crippen LogP contribution in [0.2, 0.25) is 0 Å². The zero-order chi connectivity index (χ0) is 20.1. The maximum atomic E-state index is 13.6. The molecule has 28 heavy (non-hydrogen) atoms. The summed E-state index contributed by atoms with van der Waals surface area (Å²) in [6.07, 6.45) is 0. The summed E-state index contributed by atoms with van der Waals surface area (Å²) < 4.78 is 33.0. The molecule has 6 nitrogen and oxygen atoms in total. The second-order valence-electron chi connectivity index (χ2n) is 5.58. The summed E-state index contributed by atoms with van der Waals surface area (Å²) in [7, 11) is 1.54. The molecule has 1 N–H and O–H groups in total. The number of thioether (sulfide) groups is 1. The van der Waals surface area contributed by atoms with Gasteiger partial charge in [-0.15, -0.1) is 0 Å². The number of hydrogen-bond acceptors (Lipinski definition) is 5. The summed E-state index contributed by atoms with van der Waals surface area (Å²) in [5, 5.41) is 6.95. The number of ether oxygens (including phenoxy) is 1. The van der Waals surface area contributed by atoms with Crippen molar-refractivity contribution in [3.63, 3.8) is 0 Å². The Balaban J connectivity index is 1.70. The molecule has 0 aliphatic carbocycles. The largest absolute Gasteiger partial charge is 0.497 e. The van der Waals surface area contributed by atoms with Crippen molar-refractivity contribution >= 4 is 23.4 Å². The van der Waals surface area contributed by atoms with E-state index in [2.05, 4.69) is 10.4 Å². The molecular formula is C19H15F2N3O3S. The Hall–Kier alpha value is -3.20. The van der Waals surface area contributed by atoms with Crippen LogP contribution < -0.4 is 15.6 Å². The van der Waals surface area contributed by atoms with E-state index in [-0.39, 0.29) is 17.0 Å². The smallest absolute Gasteiger partial charge is 0.271 e. The summed E-state index contributed by atoms with van der Waals surface area (Å²) in [6, 6.07) is 12.4. The molecule has 3 rings (SSSR count). The van der Waals surface area contributed by atoms with Gasteiger partial charge in [-0.1, -0.05) is 11.8 Å². The van der Waals surface area contributed by atoms with Gasteiger partial charge in [-0.25, -0.2) is 8.78 Å². The Morgan fingerprint density at radius 3 is 2.61 bits per heavy atom. The van der Waals surface area contributed by atoms with Crippen molar-refractivity contribution in [3.8, 4) is 11.4 Å². The van der Waals surface area contributed by atoms with E-state index in [1.165, 1.54) is 23.9 Å². The number of halogens is 2. The van der Waals surface area contributed by atoms with Crippen molar-refractivity contribution in [1.82, 2.24) is 9.78 Å². The highest BCUT2D eigenvalue weighted by Crippen LogP contribution is 2.19. The number of nitrogens with zero attached hydrogens (tertiary/aromatic N) is 2.